The van der Waals surface area contributed by atoms with Crippen LogP contribution in [0.15, 0.2) is 58.2 Å². The topological polar surface area (TPSA) is 89.2 Å². The number of rotatable bonds is 5. The van der Waals surface area contributed by atoms with Crippen molar-refractivity contribution in [2.24, 2.45) is 0 Å². The number of halogens is 1. The zero-order valence-electron chi connectivity index (χ0n) is 16.9. The molecule has 0 bridgehead atoms. The van der Waals surface area contributed by atoms with Crippen molar-refractivity contribution in [3.8, 4) is 0 Å². The Labute approximate surface area is 180 Å². The number of aromatic nitrogens is 3. The zero-order chi connectivity index (χ0) is 21.4. The standard InChI is InChI=1S/C22H23FN4O3S/c23-17-8-3-9-18(11-17)31(28,29)27-13-19(16-7-4-10-24-12-16)20(14-27)22-25-21(26-30-22)15-5-1-2-6-15/h3-4,7-12,15,19-20H,1-2,5-6,13-14H2/t19-,20+/m0/s1. The minimum Gasteiger partial charge on any atom is -0.339 e. The van der Waals surface area contributed by atoms with E-state index < -0.39 is 15.8 Å². The van der Waals surface area contributed by atoms with Crippen molar-refractivity contribution < 1.29 is 17.3 Å². The minimum absolute atomic E-state index is 0.0599. The van der Waals surface area contributed by atoms with Crippen LogP contribution < -0.4 is 0 Å². The van der Waals surface area contributed by atoms with Crippen LogP contribution in [0.2, 0.25) is 0 Å². The number of sulfonamides is 1. The first kappa shape index (κ1) is 20.3. The molecule has 0 spiro atoms. The second kappa shape index (κ2) is 8.12. The minimum atomic E-state index is -3.87. The summed E-state index contributed by atoms with van der Waals surface area (Å²) in [6.07, 6.45) is 7.85. The van der Waals surface area contributed by atoms with Crippen LogP contribution in [0.25, 0.3) is 0 Å². The summed E-state index contributed by atoms with van der Waals surface area (Å²) in [7, 11) is -3.87. The molecule has 2 aliphatic rings. The molecule has 1 aliphatic carbocycles. The molecule has 2 fully saturated rings. The molecular formula is C22H23FN4O3S. The Hall–Kier alpha value is -2.65. The molecule has 5 rings (SSSR count). The molecule has 9 heteroatoms. The second-order valence-corrected chi connectivity index (χ2v) is 10.2. The fraction of sp³-hybridized carbons (Fsp3) is 0.409. The number of nitrogens with zero attached hydrogens (tertiary/aromatic N) is 4. The predicted octanol–water partition coefficient (Wildman–Crippen LogP) is 3.83. The molecule has 2 aromatic heterocycles. The Morgan fingerprint density at radius 1 is 1.06 bits per heavy atom. The third kappa shape index (κ3) is 3.87. The van der Waals surface area contributed by atoms with Gasteiger partial charge in [-0.3, -0.25) is 4.98 Å². The van der Waals surface area contributed by atoms with E-state index in [0.29, 0.717) is 17.6 Å². The SMILES string of the molecule is O=S(=O)(c1cccc(F)c1)N1C[C@@H](c2cccnc2)[C@H](c2nc(C3CCCC3)no2)C1. The van der Waals surface area contributed by atoms with Gasteiger partial charge in [-0.1, -0.05) is 30.1 Å². The Kier molecular flexibility index (Phi) is 5.31. The van der Waals surface area contributed by atoms with Gasteiger partial charge in [0.2, 0.25) is 15.9 Å². The van der Waals surface area contributed by atoms with Crippen LogP contribution >= 0.6 is 0 Å². The quantitative estimate of drug-likeness (QED) is 0.597. The van der Waals surface area contributed by atoms with Crippen molar-refractivity contribution in [1.29, 1.82) is 0 Å². The van der Waals surface area contributed by atoms with Crippen LogP contribution in [0.5, 0.6) is 0 Å². The van der Waals surface area contributed by atoms with Crippen molar-refractivity contribution in [3.05, 3.63) is 71.9 Å². The molecule has 31 heavy (non-hydrogen) atoms. The highest BCUT2D eigenvalue weighted by Crippen LogP contribution is 2.42. The smallest absolute Gasteiger partial charge is 0.243 e. The van der Waals surface area contributed by atoms with Crippen LogP contribution in [0.1, 0.15) is 60.7 Å². The maximum Gasteiger partial charge on any atom is 0.243 e. The van der Waals surface area contributed by atoms with Crippen molar-refractivity contribution in [3.63, 3.8) is 0 Å². The van der Waals surface area contributed by atoms with Gasteiger partial charge in [-0.15, -0.1) is 0 Å². The van der Waals surface area contributed by atoms with Crippen LogP contribution in [0, 0.1) is 5.82 Å². The molecule has 0 N–H and O–H groups in total. The van der Waals surface area contributed by atoms with E-state index in [1.165, 1.54) is 22.5 Å². The molecule has 1 aromatic carbocycles. The largest absolute Gasteiger partial charge is 0.339 e. The first-order chi connectivity index (χ1) is 15.0. The Morgan fingerprint density at radius 3 is 2.61 bits per heavy atom. The summed E-state index contributed by atoms with van der Waals surface area (Å²) >= 11 is 0. The third-order valence-corrected chi connectivity index (χ3v) is 8.16. The lowest BCUT2D eigenvalue weighted by atomic mass is 9.90. The third-order valence-electron chi connectivity index (χ3n) is 6.33. The Bertz CT molecular complexity index is 1160. The van der Waals surface area contributed by atoms with Gasteiger partial charge in [0, 0.05) is 37.3 Å². The van der Waals surface area contributed by atoms with Gasteiger partial charge in [0.15, 0.2) is 5.82 Å². The number of hydrogen-bond acceptors (Lipinski definition) is 6. The molecule has 1 saturated heterocycles. The number of benzene rings is 1. The molecule has 3 aromatic rings. The monoisotopic (exact) mass is 442 g/mol. The molecule has 7 nitrogen and oxygen atoms in total. The average Bonchev–Trinajstić information content (AvgIpc) is 3.54. The highest BCUT2D eigenvalue weighted by Gasteiger charge is 2.44. The summed E-state index contributed by atoms with van der Waals surface area (Å²) in [5, 5.41) is 4.21. The summed E-state index contributed by atoms with van der Waals surface area (Å²) in [4.78, 5) is 8.81. The van der Waals surface area contributed by atoms with Gasteiger partial charge in [-0.2, -0.15) is 9.29 Å². The summed E-state index contributed by atoms with van der Waals surface area (Å²) in [5.41, 5.74) is 0.907. The van der Waals surface area contributed by atoms with Gasteiger partial charge in [0.25, 0.3) is 0 Å². The number of hydrogen-bond donors (Lipinski definition) is 0. The second-order valence-electron chi connectivity index (χ2n) is 8.25. The van der Waals surface area contributed by atoms with E-state index in [1.807, 2.05) is 12.1 Å². The van der Waals surface area contributed by atoms with Crippen molar-refractivity contribution in [1.82, 2.24) is 19.4 Å². The maximum atomic E-state index is 13.7. The van der Waals surface area contributed by atoms with Crippen LogP contribution in [-0.2, 0) is 10.0 Å². The molecule has 0 amide bonds. The van der Waals surface area contributed by atoms with E-state index in [0.717, 1.165) is 37.3 Å². The summed E-state index contributed by atoms with van der Waals surface area (Å²) < 4.78 is 47.2. The molecule has 3 heterocycles. The van der Waals surface area contributed by atoms with E-state index in [4.69, 9.17) is 4.52 Å². The van der Waals surface area contributed by atoms with E-state index in [9.17, 15) is 12.8 Å². The summed E-state index contributed by atoms with van der Waals surface area (Å²) in [5.74, 6) is 0.405. The van der Waals surface area contributed by atoms with E-state index in [1.54, 1.807) is 12.4 Å². The predicted molar refractivity (Wildman–Crippen MR) is 110 cm³/mol. The molecule has 1 aliphatic heterocycles. The lowest BCUT2D eigenvalue weighted by Crippen LogP contribution is -2.29. The first-order valence-electron chi connectivity index (χ1n) is 10.5. The van der Waals surface area contributed by atoms with Crippen LogP contribution in [0.4, 0.5) is 4.39 Å². The molecular weight excluding hydrogens is 419 g/mol. The van der Waals surface area contributed by atoms with E-state index in [-0.39, 0.29) is 29.8 Å². The van der Waals surface area contributed by atoms with Crippen LogP contribution in [-0.4, -0.2) is 40.9 Å². The van der Waals surface area contributed by atoms with Gasteiger partial charge in [0.1, 0.15) is 5.82 Å². The Balaban J connectivity index is 1.48. The zero-order valence-corrected chi connectivity index (χ0v) is 17.7. The lowest BCUT2D eigenvalue weighted by molar-refractivity contribution is 0.342. The van der Waals surface area contributed by atoms with Gasteiger partial charge < -0.3 is 4.52 Å². The average molecular weight is 443 g/mol. The lowest BCUT2D eigenvalue weighted by Gasteiger charge is -2.16. The van der Waals surface area contributed by atoms with Gasteiger partial charge in [0.05, 0.1) is 10.8 Å². The maximum absolute atomic E-state index is 13.7. The van der Waals surface area contributed by atoms with Gasteiger partial charge in [-0.05, 0) is 42.7 Å². The molecule has 2 atom stereocenters. The highest BCUT2D eigenvalue weighted by molar-refractivity contribution is 7.89. The van der Waals surface area contributed by atoms with Crippen molar-refractivity contribution in [2.75, 3.05) is 13.1 Å². The molecule has 1 saturated carbocycles. The molecule has 0 radical (unpaired) electrons. The normalized spacial score (nSPS) is 22.9. The van der Waals surface area contributed by atoms with E-state index in [2.05, 4.69) is 15.1 Å². The highest BCUT2D eigenvalue weighted by atomic mass is 32.2. The van der Waals surface area contributed by atoms with E-state index >= 15 is 0 Å². The van der Waals surface area contributed by atoms with Gasteiger partial charge >= 0.3 is 0 Å². The fourth-order valence-electron chi connectivity index (χ4n) is 4.67. The first-order valence-corrected chi connectivity index (χ1v) is 12.0. The van der Waals surface area contributed by atoms with Crippen molar-refractivity contribution in [2.45, 2.75) is 48.3 Å². The van der Waals surface area contributed by atoms with Crippen LogP contribution in [0.3, 0.4) is 0 Å². The fourth-order valence-corrected chi connectivity index (χ4v) is 6.20. The summed E-state index contributed by atoms with van der Waals surface area (Å²) in [6.45, 7) is 0.418. The van der Waals surface area contributed by atoms with Crippen molar-refractivity contribution >= 4 is 10.0 Å². The molecule has 162 valence electrons. The number of pyridine rings is 1. The summed E-state index contributed by atoms with van der Waals surface area (Å²) in [6, 6.07) is 8.85. The van der Waals surface area contributed by atoms with Gasteiger partial charge in [-0.25, -0.2) is 12.8 Å². The Morgan fingerprint density at radius 2 is 1.87 bits per heavy atom. The molecule has 0 unspecified atom stereocenters.